The average molecular weight is 235 g/mol. The molecule has 0 aliphatic carbocycles. The molecule has 0 aromatic heterocycles. The minimum absolute atomic E-state index is 0.0725. The van der Waals surface area contributed by atoms with Gasteiger partial charge < -0.3 is 10.4 Å². The van der Waals surface area contributed by atoms with Crippen LogP contribution in [-0.4, -0.2) is 42.6 Å². The Bertz CT molecular complexity index is 338. The van der Waals surface area contributed by atoms with Crippen molar-refractivity contribution >= 4 is 15.8 Å². The van der Waals surface area contributed by atoms with Gasteiger partial charge in [0.1, 0.15) is 0 Å². The molecular formula is C9H17NO4S. The summed E-state index contributed by atoms with van der Waals surface area (Å²) in [6.07, 6.45) is 1.20. The lowest BCUT2D eigenvalue weighted by atomic mass is 10.1. The standard InChI is InChI=1S/C9H17NO4S/c1-3-6-5-15(13,14)8(9(11)12)7(4-2)10-6/h6-8,10H,3-5H2,1-2H3,(H,11,12). The average Bonchev–Trinajstić information content (AvgIpc) is 2.14. The highest BCUT2D eigenvalue weighted by molar-refractivity contribution is 7.92. The van der Waals surface area contributed by atoms with Gasteiger partial charge in [0.05, 0.1) is 5.75 Å². The van der Waals surface area contributed by atoms with Crippen molar-refractivity contribution in [2.45, 2.75) is 44.0 Å². The van der Waals surface area contributed by atoms with Gasteiger partial charge in [-0.3, -0.25) is 4.79 Å². The number of sulfone groups is 1. The highest BCUT2D eigenvalue weighted by atomic mass is 32.2. The zero-order valence-electron chi connectivity index (χ0n) is 8.93. The van der Waals surface area contributed by atoms with Crippen molar-refractivity contribution in [2.75, 3.05) is 5.75 Å². The molecule has 15 heavy (non-hydrogen) atoms. The Kier molecular flexibility index (Phi) is 3.72. The fraction of sp³-hybridized carbons (Fsp3) is 0.889. The number of carbonyl (C=O) groups is 1. The highest BCUT2D eigenvalue weighted by Gasteiger charge is 2.44. The number of nitrogens with one attached hydrogen (secondary N) is 1. The lowest BCUT2D eigenvalue weighted by Crippen LogP contribution is -2.59. The van der Waals surface area contributed by atoms with E-state index in [-0.39, 0.29) is 11.8 Å². The summed E-state index contributed by atoms with van der Waals surface area (Å²) in [5.41, 5.74) is 0. The van der Waals surface area contributed by atoms with E-state index in [0.717, 1.165) is 0 Å². The molecule has 88 valence electrons. The van der Waals surface area contributed by atoms with Crippen molar-refractivity contribution in [3.8, 4) is 0 Å². The third-order valence-electron chi connectivity index (χ3n) is 2.81. The summed E-state index contributed by atoms with van der Waals surface area (Å²) >= 11 is 0. The normalized spacial score (nSPS) is 34.9. The van der Waals surface area contributed by atoms with Crippen molar-refractivity contribution < 1.29 is 18.3 Å². The fourth-order valence-corrected chi connectivity index (χ4v) is 4.14. The van der Waals surface area contributed by atoms with E-state index < -0.39 is 27.1 Å². The number of hydrogen-bond donors (Lipinski definition) is 2. The molecule has 1 saturated heterocycles. The molecule has 0 aromatic rings. The first kappa shape index (κ1) is 12.4. The van der Waals surface area contributed by atoms with Crippen LogP contribution < -0.4 is 5.32 Å². The van der Waals surface area contributed by atoms with E-state index in [0.29, 0.717) is 12.8 Å². The SMILES string of the molecule is CCC1CS(=O)(=O)C(C(=O)O)C(CC)N1. The Morgan fingerprint density at radius 1 is 1.40 bits per heavy atom. The molecule has 3 unspecified atom stereocenters. The maximum Gasteiger partial charge on any atom is 0.323 e. The van der Waals surface area contributed by atoms with Gasteiger partial charge >= 0.3 is 5.97 Å². The highest BCUT2D eigenvalue weighted by Crippen LogP contribution is 2.19. The Labute approximate surface area is 89.8 Å². The monoisotopic (exact) mass is 235 g/mol. The summed E-state index contributed by atoms with van der Waals surface area (Å²) in [7, 11) is -3.51. The summed E-state index contributed by atoms with van der Waals surface area (Å²) in [4.78, 5) is 10.9. The molecule has 0 saturated carbocycles. The number of carboxylic acid groups (broad SMARTS) is 1. The predicted octanol–water partition coefficient (Wildman–Crippen LogP) is 0.0148. The van der Waals surface area contributed by atoms with Crippen molar-refractivity contribution in [1.82, 2.24) is 5.32 Å². The molecule has 0 amide bonds. The number of aliphatic carboxylic acids is 1. The third kappa shape index (κ3) is 2.49. The molecule has 0 aromatic carbocycles. The van der Waals surface area contributed by atoms with Crippen molar-refractivity contribution in [3.63, 3.8) is 0 Å². The lowest BCUT2D eigenvalue weighted by Gasteiger charge is -2.34. The molecule has 5 nitrogen and oxygen atoms in total. The number of carboxylic acids is 1. The summed E-state index contributed by atoms with van der Waals surface area (Å²) in [5, 5.41) is 10.7. The first-order valence-electron chi connectivity index (χ1n) is 5.12. The van der Waals surface area contributed by atoms with Gasteiger partial charge in [0.25, 0.3) is 0 Å². The van der Waals surface area contributed by atoms with Gasteiger partial charge in [-0.25, -0.2) is 8.42 Å². The topological polar surface area (TPSA) is 83.5 Å². The van der Waals surface area contributed by atoms with Gasteiger partial charge in [0, 0.05) is 12.1 Å². The minimum Gasteiger partial charge on any atom is -0.480 e. The van der Waals surface area contributed by atoms with E-state index >= 15 is 0 Å². The third-order valence-corrected chi connectivity index (χ3v) is 4.98. The second kappa shape index (κ2) is 4.49. The molecule has 1 rings (SSSR count). The van der Waals surface area contributed by atoms with Crippen LogP contribution in [0.3, 0.4) is 0 Å². The van der Waals surface area contributed by atoms with Crippen molar-refractivity contribution in [1.29, 1.82) is 0 Å². The van der Waals surface area contributed by atoms with Crippen molar-refractivity contribution in [2.24, 2.45) is 0 Å². The summed E-state index contributed by atoms with van der Waals surface area (Å²) in [5.74, 6) is -1.32. The molecule has 1 heterocycles. The van der Waals surface area contributed by atoms with E-state index in [1.54, 1.807) is 6.92 Å². The maximum absolute atomic E-state index is 11.7. The molecule has 3 atom stereocenters. The minimum atomic E-state index is -3.51. The first-order chi connectivity index (χ1) is 6.92. The molecular weight excluding hydrogens is 218 g/mol. The Balaban J connectivity index is 2.99. The van der Waals surface area contributed by atoms with Crippen LogP contribution >= 0.6 is 0 Å². The van der Waals surface area contributed by atoms with Gasteiger partial charge in [-0.15, -0.1) is 0 Å². The Hall–Kier alpha value is -0.620. The van der Waals surface area contributed by atoms with Crippen LogP contribution in [0.2, 0.25) is 0 Å². The van der Waals surface area contributed by atoms with E-state index in [9.17, 15) is 13.2 Å². The predicted molar refractivity (Wildman–Crippen MR) is 56.5 cm³/mol. The van der Waals surface area contributed by atoms with E-state index in [4.69, 9.17) is 5.11 Å². The molecule has 1 aliphatic rings. The van der Waals surface area contributed by atoms with Gasteiger partial charge in [0.2, 0.25) is 0 Å². The van der Waals surface area contributed by atoms with Crippen LogP contribution in [0.4, 0.5) is 0 Å². The van der Waals surface area contributed by atoms with Gasteiger partial charge in [-0.2, -0.15) is 0 Å². The van der Waals surface area contributed by atoms with E-state index in [1.165, 1.54) is 0 Å². The second-order valence-corrected chi connectivity index (χ2v) is 6.04. The largest absolute Gasteiger partial charge is 0.480 e. The number of rotatable bonds is 3. The smallest absolute Gasteiger partial charge is 0.323 e. The zero-order valence-corrected chi connectivity index (χ0v) is 9.75. The van der Waals surface area contributed by atoms with Crippen LogP contribution in [0.15, 0.2) is 0 Å². The Morgan fingerprint density at radius 3 is 2.40 bits per heavy atom. The van der Waals surface area contributed by atoms with Crippen LogP contribution in [0.25, 0.3) is 0 Å². The first-order valence-corrected chi connectivity index (χ1v) is 6.84. The molecule has 2 N–H and O–H groups in total. The van der Waals surface area contributed by atoms with Gasteiger partial charge in [-0.05, 0) is 12.8 Å². The van der Waals surface area contributed by atoms with E-state index in [2.05, 4.69) is 5.32 Å². The molecule has 1 aliphatic heterocycles. The van der Waals surface area contributed by atoms with Crippen LogP contribution in [0.1, 0.15) is 26.7 Å². The van der Waals surface area contributed by atoms with Crippen LogP contribution in [0.5, 0.6) is 0 Å². The number of hydrogen-bond acceptors (Lipinski definition) is 4. The van der Waals surface area contributed by atoms with Crippen LogP contribution in [-0.2, 0) is 14.6 Å². The van der Waals surface area contributed by atoms with E-state index in [1.807, 2.05) is 6.92 Å². The zero-order chi connectivity index (χ0) is 11.6. The molecule has 0 spiro atoms. The Morgan fingerprint density at radius 2 is 2.00 bits per heavy atom. The molecule has 0 bridgehead atoms. The van der Waals surface area contributed by atoms with Crippen LogP contribution in [0, 0.1) is 0 Å². The van der Waals surface area contributed by atoms with Gasteiger partial charge in [-0.1, -0.05) is 13.8 Å². The fourth-order valence-electron chi connectivity index (χ4n) is 1.97. The summed E-state index contributed by atoms with van der Waals surface area (Å²) in [6, 6.07) is -0.582. The maximum atomic E-state index is 11.7. The molecule has 6 heteroatoms. The van der Waals surface area contributed by atoms with Gasteiger partial charge in [0.15, 0.2) is 15.1 Å². The summed E-state index contributed by atoms with van der Waals surface area (Å²) in [6.45, 7) is 3.68. The molecule has 1 fully saturated rings. The quantitative estimate of drug-likeness (QED) is 0.720. The lowest BCUT2D eigenvalue weighted by molar-refractivity contribution is -0.137. The molecule has 0 radical (unpaired) electrons. The second-order valence-electron chi connectivity index (χ2n) is 3.87. The summed E-state index contributed by atoms with van der Waals surface area (Å²) < 4.78 is 23.5. The van der Waals surface area contributed by atoms with Crippen molar-refractivity contribution in [3.05, 3.63) is 0 Å².